The van der Waals surface area contributed by atoms with Gasteiger partial charge in [0.15, 0.2) is 0 Å². The van der Waals surface area contributed by atoms with Gasteiger partial charge in [-0.05, 0) is 30.4 Å². The Morgan fingerprint density at radius 1 is 0.391 bits per heavy atom. The predicted octanol–water partition coefficient (Wildman–Crippen LogP) is -6.29. The summed E-state index contributed by atoms with van der Waals surface area (Å²) in [7, 11) is 0. The molecule has 2 aliphatic heterocycles. The number of hydrogen-bond donors (Lipinski definition) is 14. The highest BCUT2D eigenvalue weighted by atomic mass is 16.4. The van der Waals surface area contributed by atoms with Gasteiger partial charge in [0.05, 0.1) is 39.3 Å². The molecule has 1 aromatic carbocycles. The number of hydrogen-bond acceptors (Lipinski definition) is 22. The third-order valence-corrected chi connectivity index (χ3v) is 15.1. The zero-order chi connectivity index (χ0) is 68.5. The van der Waals surface area contributed by atoms with E-state index >= 15 is 0 Å². The average molecular weight is 1310 g/mol. The van der Waals surface area contributed by atoms with Crippen molar-refractivity contribution in [1.29, 1.82) is 0 Å². The first kappa shape index (κ1) is 77.7. The third-order valence-electron chi connectivity index (χ3n) is 15.1. The molecule has 2 fully saturated rings. The SMILES string of the molecule is CC(=O)N[C@@H](CCC(N)=O)C(=O)NCc1ccc(CNC(=O)C(CNC(=O)CCC(C(=O)O)N2CCN(CC(=O)O)CCN(CC(=O)O)CCN(CC(=O)O)CC2)NC(=O)CCC(C(=O)O)N2CCN(CC(=O)O)CCN(CC(=O)O)CCN(CC(=O)O)CC2)cc1. The van der Waals surface area contributed by atoms with Gasteiger partial charge in [-0.25, -0.2) is 0 Å². The van der Waals surface area contributed by atoms with E-state index in [1.807, 2.05) is 0 Å². The number of rotatable bonds is 35. The molecule has 2 aliphatic rings. The second-order valence-electron chi connectivity index (χ2n) is 22.3. The molecule has 6 amide bonds. The van der Waals surface area contributed by atoms with Crippen molar-refractivity contribution in [3.63, 3.8) is 0 Å². The molecular formula is C56H88N14O22. The van der Waals surface area contributed by atoms with Crippen molar-refractivity contribution in [2.45, 2.75) is 82.7 Å². The molecule has 92 heavy (non-hydrogen) atoms. The number of carbonyl (C=O) groups excluding carboxylic acids is 6. The number of amides is 6. The lowest BCUT2D eigenvalue weighted by Gasteiger charge is -2.35. The second kappa shape index (κ2) is 41.1. The molecule has 0 bridgehead atoms. The van der Waals surface area contributed by atoms with Crippen LogP contribution in [0.25, 0.3) is 0 Å². The fourth-order valence-corrected chi connectivity index (χ4v) is 10.3. The zero-order valence-electron chi connectivity index (χ0n) is 51.5. The van der Waals surface area contributed by atoms with E-state index in [-0.39, 0.29) is 137 Å². The van der Waals surface area contributed by atoms with Gasteiger partial charge in [-0.3, -0.25) is 106 Å². The zero-order valence-corrected chi connectivity index (χ0v) is 51.5. The van der Waals surface area contributed by atoms with Crippen LogP contribution >= 0.6 is 0 Å². The summed E-state index contributed by atoms with van der Waals surface area (Å²) in [6.45, 7) is -2.30. The van der Waals surface area contributed by atoms with Crippen molar-refractivity contribution in [2.75, 3.05) is 151 Å². The van der Waals surface area contributed by atoms with E-state index in [9.17, 15) is 108 Å². The molecule has 2 heterocycles. The highest BCUT2D eigenvalue weighted by molar-refractivity contribution is 5.89. The molecule has 514 valence electrons. The van der Waals surface area contributed by atoms with Crippen LogP contribution in [0, 0.1) is 0 Å². The van der Waals surface area contributed by atoms with Crippen LogP contribution in [-0.4, -0.2) is 338 Å². The Morgan fingerprint density at radius 2 is 0.685 bits per heavy atom. The predicted molar refractivity (Wildman–Crippen MR) is 320 cm³/mol. The van der Waals surface area contributed by atoms with Gasteiger partial charge < -0.3 is 73.2 Å². The largest absolute Gasteiger partial charge is 0.480 e. The van der Waals surface area contributed by atoms with E-state index in [2.05, 4.69) is 26.6 Å². The third kappa shape index (κ3) is 32.5. The van der Waals surface area contributed by atoms with Crippen LogP contribution < -0.4 is 32.3 Å². The van der Waals surface area contributed by atoms with Crippen LogP contribution in [-0.2, 0) is 80.2 Å². The van der Waals surface area contributed by atoms with E-state index in [0.717, 1.165) is 0 Å². The Labute approximate surface area is 529 Å². The number of nitrogens with zero attached hydrogens (tertiary/aromatic N) is 8. The minimum atomic E-state index is -1.57. The molecule has 36 heteroatoms. The van der Waals surface area contributed by atoms with Gasteiger partial charge in [0.2, 0.25) is 35.4 Å². The second-order valence-corrected chi connectivity index (χ2v) is 22.3. The van der Waals surface area contributed by atoms with Crippen molar-refractivity contribution in [1.82, 2.24) is 65.8 Å². The summed E-state index contributed by atoms with van der Waals surface area (Å²) in [6.07, 6.45) is -2.01. The summed E-state index contributed by atoms with van der Waals surface area (Å²) in [6, 6.07) is 1.00. The Morgan fingerprint density at radius 3 is 0.967 bits per heavy atom. The molecule has 0 radical (unpaired) electrons. The molecule has 0 spiro atoms. The summed E-state index contributed by atoms with van der Waals surface area (Å²) in [5.41, 5.74) is 6.32. The first-order valence-electron chi connectivity index (χ1n) is 29.8. The van der Waals surface area contributed by atoms with E-state index in [1.165, 1.54) is 46.1 Å². The standard InChI is InChI=1S/C56H88N14O22/c1-37(71)61-40(6-9-44(57)72)53(87)59-28-38-2-4-39(5-3-38)29-60-54(88)41(62-46(74)11-8-43(56(91)92)70-26-22-67(35-51(83)84)18-14-64(32-48(77)78)15-19-68(23-27-70)36-52(85)86)30-58-45(73)10-7-42(55(89)90)69-24-20-65(33-49(79)80)16-12-63(31-47(75)76)13-17-66(21-25-69)34-50(81)82/h2-5,40-43H,6-36H2,1H3,(H2,57,72)(H,58,73)(H,59,87)(H,60,88)(H,61,71)(H,62,74)(H,75,76)(H,77,78)(H,79,80)(H,81,82)(H,83,84)(H,85,86)(H,89,90)(H,91,92)/t40-,41?,42?,43?/m0/s1. The summed E-state index contributed by atoms with van der Waals surface area (Å²) in [5.74, 6) is -14.2. The highest BCUT2D eigenvalue weighted by Crippen LogP contribution is 2.14. The molecular weight excluding hydrogens is 1220 g/mol. The molecule has 36 nitrogen and oxygen atoms in total. The lowest BCUT2D eigenvalue weighted by Crippen LogP contribution is -2.53. The fourth-order valence-electron chi connectivity index (χ4n) is 10.3. The molecule has 0 aromatic heterocycles. The fraction of sp³-hybridized carbons (Fsp3) is 0.643. The maximum absolute atomic E-state index is 14.1. The number of aliphatic carboxylic acids is 8. The van der Waals surface area contributed by atoms with E-state index in [4.69, 9.17) is 5.73 Å². The van der Waals surface area contributed by atoms with Gasteiger partial charge >= 0.3 is 47.8 Å². The van der Waals surface area contributed by atoms with Crippen LogP contribution in [0.3, 0.4) is 0 Å². The molecule has 0 aliphatic carbocycles. The van der Waals surface area contributed by atoms with E-state index in [1.54, 1.807) is 24.3 Å². The quantitative estimate of drug-likeness (QED) is 0.0301. The maximum Gasteiger partial charge on any atom is 0.320 e. The lowest BCUT2D eigenvalue weighted by atomic mass is 10.1. The molecule has 2 saturated heterocycles. The minimum Gasteiger partial charge on any atom is -0.480 e. The average Bonchev–Trinajstić information content (AvgIpc) is 1.06. The normalized spacial score (nSPS) is 17.6. The molecule has 3 unspecified atom stereocenters. The highest BCUT2D eigenvalue weighted by Gasteiger charge is 2.32. The maximum atomic E-state index is 14.1. The van der Waals surface area contributed by atoms with Crippen LogP contribution in [0.4, 0.5) is 0 Å². The Balaban J connectivity index is 1.89. The molecule has 4 atom stereocenters. The summed E-state index contributed by atoms with van der Waals surface area (Å²) >= 11 is 0. The van der Waals surface area contributed by atoms with Crippen LogP contribution in [0.1, 0.15) is 56.6 Å². The molecule has 15 N–H and O–H groups in total. The first-order valence-corrected chi connectivity index (χ1v) is 29.8. The van der Waals surface area contributed by atoms with Crippen LogP contribution in [0.2, 0.25) is 0 Å². The number of carboxylic acid groups (broad SMARTS) is 8. The van der Waals surface area contributed by atoms with E-state index in [0.29, 0.717) is 11.1 Å². The van der Waals surface area contributed by atoms with Crippen molar-refractivity contribution in [2.24, 2.45) is 5.73 Å². The van der Waals surface area contributed by atoms with Gasteiger partial charge in [-0.1, -0.05) is 24.3 Å². The first-order chi connectivity index (χ1) is 43.5. The van der Waals surface area contributed by atoms with Gasteiger partial charge in [-0.2, -0.15) is 0 Å². The minimum absolute atomic E-state index is 0.00756. The lowest BCUT2D eigenvalue weighted by molar-refractivity contribution is -0.145. The van der Waals surface area contributed by atoms with Crippen molar-refractivity contribution >= 4 is 83.2 Å². The number of carbonyl (C=O) groups is 14. The number of carboxylic acids is 8. The Kier molecular flexibility index (Phi) is 34.7. The van der Waals surface area contributed by atoms with E-state index < -0.39 is 172 Å². The molecule has 1 aromatic rings. The van der Waals surface area contributed by atoms with Crippen LogP contribution in [0.15, 0.2) is 24.3 Å². The number of benzene rings is 1. The Hall–Kier alpha value is -8.52. The van der Waals surface area contributed by atoms with Gasteiger partial charge in [0.1, 0.15) is 24.2 Å². The molecule has 0 saturated carbocycles. The summed E-state index contributed by atoms with van der Waals surface area (Å²) in [5, 5.41) is 91.8. The Bertz CT molecular complexity index is 2630. The number of nitrogens with one attached hydrogen (secondary N) is 5. The van der Waals surface area contributed by atoms with Crippen molar-refractivity contribution in [3.8, 4) is 0 Å². The number of nitrogens with two attached hydrogens (primary N) is 1. The molecule has 3 rings (SSSR count). The van der Waals surface area contributed by atoms with Crippen molar-refractivity contribution in [3.05, 3.63) is 35.4 Å². The smallest absolute Gasteiger partial charge is 0.320 e. The van der Waals surface area contributed by atoms with Crippen LogP contribution in [0.5, 0.6) is 0 Å². The topological polar surface area (TPSA) is 513 Å². The number of primary amides is 1. The van der Waals surface area contributed by atoms with Gasteiger partial charge in [-0.15, -0.1) is 0 Å². The van der Waals surface area contributed by atoms with Crippen molar-refractivity contribution < 1.29 is 108 Å². The van der Waals surface area contributed by atoms with Gasteiger partial charge in [0.25, 0.3) is 0 Å². The monoisotopic (exact) mass is 1310 g/mol. The summed E-state index contributed by atoms with van der Waals surface area (Å²) in [4.78, 5) is 186. The van der Waals surface area contributed by atoms with Gasteiger partial charge in [0, 0.05) is 151 Å². The summed E-state index contributed by atoms with van der Waals surface area (Å²) < 4.78 is 0.